The van der Waals surface area contributed by atoms with Crippen molar-refractivity contribution >= 4 is 101 Å². The molecule has 2 atom stereocenters. The number of benzene rings is 4. The van der Waals surface area contributed by atoms with Gasteiger partial charge in [-0.3, -0.25) is 18.6 Å². The number of nitrogens with one attached hydrogen (secondary N) is 1. The molecule has 2 unspecified atom stereocenters. The third kappa shape index (κ3) is 8.59. The number of rotatable bonds is 16. The van der Waals surface area contributed by atoms with Crippen molar-refractivity contribution in [2.24, 2.45) is 0 Å². The van der Waals surface area contributed by atoms with E-state index in [1.165, 1.54) is 0 Å². The number of amides is 1. The number of thioether (sulfide) groups is 1. The van der Waals surface area contributed by atoms with Gasteiger partial charge >= 0.3 is 5.97 Å². The predicted molar refractivity (Wildman–Crippen MR) is 219 cm³/mol. The van der Waals surface area contributed by atoms with Crippen molar-refractivity contribution in [3.8, 4) is 0 Å². The second-order valence-electron chi connectivity index (χ2n) is 13.9. The first-order valence-electron chi connectivity index (χ1n) is 18.1. The average Bonchev–Trinajstić information content (AvgIpc) is 3.65. The molecule has 3 N–H and O–H groups in total. The van der Waals surface area contributed by atoms with Crippen LogP contribution in [-0.2, 0) is 26.3 Å². The van der Waals surface area contributed by atoms with Gasteiger partial charge in [-0.1, -0.05) is 59.0 Å². The lowest BCUT2D eigenvalue weighted by molar-refractivity contribution is -0.668. The molecule has 0 bridgehead atoms. The van der Waals surface area contributed by atoms with Gasteiger partial charge in [0.05, 0.1) is 48.5 Å². The molecule has 4 aromatic carbocycles. The summed E-state index contributed by atoms with van der Waals surface area (Å²) in [4.78, 5) is 39.6. The number of aliphatic carboxylic acids is 1. The lowest BCUT2D eigenvalue weighted by Crippen LogP contribution is -2.70. The summed E-state index contributed by atoms with van der Waals surface area (Å²) in [6.07, 6.45) is 5.32. The number of carboxylic acids is 1. The zero-order valence-electron chi connectivity index (χ0n) is 29.9. The number of quaternary nitrogens is 1. The van der Waals surface area contributed by atoms with Gasteiger partial charge < -0.3 is 15.3 Å². The number of carbonyl (C=O) groups is 3. The fraction of sp³-hybridized carbons (Fsp3) is 0.300. The van der Waals surface area contributed by atoms with Gasteiger partial charge in [0.2, 0.25) is 11.4 Å². The number of nitrogens with zero attached hydrogens (tertiary/aromatic N) is 3. The molecule has 1 amide bonds. The Morgan fingerprint density at radius 3 is 2.47 bits per heavy atom. The number of halogens is 1. The fourth-order valence-corrected chi connectivity index (χ4v) is 10.5. The van der Waals surface area contributed by atoms with Crippen LogP contribution in [-0.4, -0.2) is 74.2 Å². The minimum absolute atomic E-state index is 0.136. The van der Waals surface area contributed by atoms with Gasteiger partial charge in [0.25, 0.3) is 15.1 Å². The first-order chi connectivity index (χ1) is 26.4. The van der Waals surface area contributed by atoms with Crippen LogP contribution < -0.4 is 19.3 Å². The number of hydrogen-bond donors (Lipinski definition) is 3. The molecule has 11 nitrogen and oxygen atoms in total. The number of thiazole rings is 1. The minimum atomic E-state index is -4.11. The summed E-state index contributed by atoms with van der Waals surface area (Å²) in [5.74, 6) is -1.36. The van der Waals surface area contributed by atoms with Crippen molar-refractivity contribution in [2.75, 3.05) is 36.8 Å². The van der Waals surface area contributed by atoms with Crippen molar-refractivity contribution in [3.63, 3.8) is 0 Å². The topological polar surface area (TPSA) is 145 Å². The van der Waals surface area contributed by atoms with E-state index in [0.717, 1.165) is 60.0 Å². The van der Waals surface area contributed by atoms with Crippen molar-refractivity contribution < 1.29 is 37.0 Å². The SMILES string of the molecule is O=Cc1ccc([N+]2(CCC(=O)NCCCCN3/C(=C/c4sc5cc6ccccc6cc5[n+]4CCCS(=O)(=O)O)Sc4ccc(Cl)cc43)CCC2C(=O)O)cc1. The van der Waals surface area contributed by atoms with Crippen LogP contribution in [0.1, 0.15) is 47.5 Å². The lowest BCUT2D eigenvalue weighted by Gasteiger charge is -2.49. The Kier molecular flexibility index (Phi) is 11.6. The molecular formula is C40H41ClN4O7S3+2. The maximum atomic E-state index is 13.0. The third-order valence-electron chi connectivity index (χ3n) is 10.4. The Morgan fingerprint density at radius 2 is 1.78 bits per heavy atom. The molecule has 1 aromatic heterocycles. The van der Waals surface area contributed by atoms with Crippen LogP contribution >= 0.6 is 34.7 Å². The molecule has 286 valence electrons. The van der Waals surface area contributed by atoms with Crippen LogP contribution in [0.3, 0.4) is 0 Å². The quantitative estimate of drug-likeness (QED) is 0.0311. The highest BCUT2D eigenvalue weighted by molar-refractivity contribution is 8.03. The average molecular weight is 821 g/mol. The number of carbonyl (C=O) groups excluding carboxylic acids is 2. The van der Waals surface area contributed by atoms with E-state index in [1.807, 2.05) is 30.3 Å². The molecule has 1 saturated heterocycles. The van der Waals surface area contributed by atoms with Crippen LogP contribution in [0.25, 0.3) is 27.1 Å². The van der Waals surface area contributed by atoms with Gasteiger partial charge in [-0.15, -0.1) is 0 Å². The molecule has 0 aliphatic carbocycles. The van der Waals surface area contributed by atoms with E-state index in [2.05, 4.69) is 45.1 Å². The minimum Gasteiger partial charge on any atom is -0.477 e. The summed E-state index contributed by atoms with van der Waals surface area (Å²) >= 11 is 9.74. The summed E-state index contributed by atoms with van der Waals surface area (Å²) in [7, 11) is -4.11. The lowest BCUT2D eigenvalue weighted by atomic mass is 9.94. The Labute approximate surface area is 332 Å². The third-order valence-corrected chi connectivity index (χ3v) is 13.7. The highest BCUT2D eigenvalue weighted by Crippen LogP contribution is 2.48. The number of aldehydes is 1. The van der Waals surface area contributed by atoms with E-state index in [4.69, 9.17) is 11.6 Å². The van der Waals surface area contributed by atoms with Crippen LogP contribution in [0.4, 0.5) is 11.4 Å². The molecule has 1 fully saturated rings. The summed E-state index contributed by atoms with van der Waals surface area (Å²) in [6.45, 7) is 2.50. The van der Waals surface area contributed by atoms with Crippen LogP contribution in [0.15, 0.2) is 88.8 Å². The largest absolute Gasteiger partial charge is 0.477 e. The second-order valence-corrected chi connectivity index (χ2v) is 18.0. The monoisotopic (exact) mass is 820 g/mol. The predicted octanol–water partition coefficient (Wildman–Crippen LogP) is 7.15. The van der Waals surface area contributed by atoms with Crippen LogP contribution in [0, 0.1) is 0 Å². The van der Waals surface area contributed by atoms with Crippen molar-refractivity contribution in [2.45, 2.75) is 49.6 Å². The smallest absolute Gasteiger partial charge is 0.363 e. The molecule has 0 spiro atoms. The molecular weight excluding hydrogens is 780 g/mol. The number of aromatic nitrogens is 1. The Bertz CT molecular complexity index is 2420. The highest BCUT2D eigenvalue weighted by Gasteiger charge is 2.52. The number of anilines is 1. The van der Waals surface area contributed by atoms with Gasteiger partial charge in [-0.25, -0.2) is 4.79 Å². The van der Waals surface area contributed by atoms with Gasteiger partial charge in [-0.05, 0) is 72.1 Å². The Hall–Kier alpha value is -4.31. The summed E-state index contributed by atoms with van der Waals surface area (Å²) in [6, 6.07) is 24.5. The molecule has 0 saturated carbocycles. The zero-order chi connectivity index (χ0) is 38.7. The first-order valence-corrected chi connectivity index (χ1v) is 21.8. The summed E-state index contributed by atoms with van der Waals surface area (Å²) in [5.41, 5.74) is 3.29. The molecule has 55 heavy (non-hydrogen) atoms. The molecule has 3 heterocycles. The first kappa shape index (κ1) is 38.9. The fourth-order valence-electron chi connectivity index (χ4n) is 7.52. The van der Waals surface area contributed by atoms with E-state index in [1.54, 1.807) is 47.4 Å². The van der Waals surface area contributed by atoms with E-state index in [9.17, 15) is 32.5 Å². The van der Waals surface area contributed by atoms with Gasteiger partial charge in [0.1, 0.15) is 16.7 Å². The van der Waals surface area contributed by atoms with Crippen LogP contribution in [0.2, 0.25) is 5.02 Å². The van der Waals surface area contributed by atoms with E-state index in [0.29, 0.717) is 56.2 Å². The number of carboxylic acid groups (broad SMARTS) is 1. The van der Waals surface area contributed by atoms with Gasteiger partial charge in [-0.2, -0.15) is 13.0 Å². The number of likely N-dealkylation sites (tertiary alicyclic amines) is 1. The molecule has 0 radical (unpaired) electrons. The number of unbranched alkanes of at least 4 members (excludes halogenated alkanes) is 1. The molecule has 2 aliphatic heterocycles. The molecule has 7 rings (SSSR count). The maximum Gasteiger partial charge on any atom is 0.363 e. The van der Waals surface area contributed by atoms with E-state index >= 15 is 0 Å². The normalized spacial score (nSPS) is 18.8. The van der Waals surface area contributed by atoms with Crippen LogP contribution in [0.5, 0.6) is 0 Å². The highest BCUT2D eigenvalue weighted by atomic mass is 35.5. The van der Waals surface area contributed by atoms with E-state index < -0.39 is 22.1 Å². The zero-order valence-corrected chi connectivity index (χ0v) is 33.1. The molecule has 15 heteroatoms. The second kappa shape index (κ2) is 16.4. The van der Waals surface area contributed by atoms with Gasteiger partial charge in [0.15, 0.2) is 12.6 Å². The van der Waals surface area contributed by atoms with Crippen molar-refractivity contribution in [1.29, 1.82) is 0 Å². The Morgan fingerprint density at radius 1 is 1.02 bits per heavy atom. The molecule has 2 aliphatic rings. The summed E-state index contributed by atoms with van der Waals surface area (Å²) < 4.78 is 36.0. The number of aryl methyl sites for hydroxylation is 1. The summed E-state index contributed by atoms with van der Waals surface area (Å²) in [5, 5.41) is 17.7. The van der Waals surface area contributed by atoms with E-state index in [-0.39, 0.29) is 29.0 Å². The number of fused-ring (bicyclic) bond motifs is 3. The Balaban J connectivity index is 1.04. The standard InChI is InChI=1S/C40H39ClN4O7S3/c41-30-10-13-35-33(24-30)43(17-4-3-16-42-37(47)15-20-45(19-14-34(45)40(48)49)31-11-8-27(26-46)9-12-31)38(53-35)25-39-44(18-5-21-55(50,51)52)32-22-28-6-1-2-7-29(28)23-36(32)54-39/h1-2,6-13,22-26,34H,3-5,14-21H2,(H-2,42,47,48,49,50,51,52)/p+2. The van der Waals surface area contributed by atoms with Crippen molar-refractivity contribution in [3.05, 3.63) is 99.5 Å². The number of hydrogen-bond acceptors (Lipinski definition) is 8. The molecule has 5 aromatic rings. The van der Waals surface area contributed by atoms with Gasteiger partial charge in [0, 0.05) is 41.1 Å². The maximum absolute atomic E-state index is 13.0. The van der Waals surface area contributed by atoms with Crippen molar-refractivity contribution in [1.82, 2.24) is 9.80 Å².